The second-order valence-corrected chi connectivity index (χ2v) is 6.31. The van der Waals surface area contributed by atoms with E-state index in [1.165, 1.54) is 12.3 Å². The van der Waals surface area contributed by atoms with Crippen molar-refractivity contribution in [3.63, 3.8) is 0 Å². The lowest BCUT2D eigenvalue weighted by Crippen LogP contribution is -2.49. The molecule has 0 bridgehead atoms. The second kappa shape index (κ2) is 6.96. The van der Waals surface area contributed by atoms with Crippen LogP contribution in [-0.2, 0) is 0 Å². The van der Waals surface area contributed by atoms with Crippen molar-refractivity contribution in [3.05, 3.63) is 58.0 Å². The van der Waals surface area contributed by atoms with Gasteiger partial charge in [-0.2, -0.15) is 5.26 Å². The van der Waals surface area contributed by atoms with E-state index >= 15 is 0 Å². The minimum atomic E-state index is -0.585. The Bertz CT molecular complexity index is 1110. The van der Waals surface area contributed by atoms with Crippen LogP contribution in [-0.4, -0.2) is 56.9 Å². The number of rotatable bonds is 3. The molecule has 140 valence electrons. The minimum absolute atomic E-state index is 0.0265. The number of amides is 1. The number of benzene rings is 1. The number of carbonyl (C=O) groups is 1. The van der Waals surface area contributed by atoms with Crippen LogP contribution in [0.2, 0.25) is 0 Å². The van der Waals surface area contributed by atoms with Crippen LogP contribution in [0.5, 0.6) is 0 Å². The molecule has 10 heteroatoms. The van der Waals surface area contributed by atoms with E-state index in [9.17, 15) is 14.9 Å². The van der Waals surface area contributed by atoms with Gasteiger partial charge in [0.1, 0.15) is 11.6 Å². The molecule has 0 saturated carbocycles. The van der Waals surface area contributed by atoms with Gasteiger partial charge in [-0.1, -0.05) is 0 Å². The summed E-state index contributed by atoms with van der Waals surface area (Å²) >= 11 is 0. The number of fused-ring (bicyclic) bond motifs is 1. The summed E-state index contributed by atoms with van der Waals surface area (Å²) < 4.78 is 0. The summed E-state index contributed by atoms with van der Waals surface area (Å²) in [5.41, 5.74) is 1.81. The summed E-state index contributed by atoms with van der Waals surface area (Å²) in [6.45, 7) is 1.58. The molecule has 10 nitrogen and oxygen atoms in total. The summed E-state index contributed by atoms with van der Waals surface area (Å²) in [7, 11) is 0. The van der Waals surface area contributed by atoms with Gasteiger partial charge in [-0.3, -0.25) is 14.9 Å². The zero-order valence-corrected chi connectivity index (χ0v) is 14.7. The number of anilines is 1. The zero-order chi connectivity index (χ0) is 19.7. The first-order valence-corrected chi connectivity index (χ1v) is 8.59. The van der Waals surface area contributed by atoms with E-state index < -0.39 is 4.92 Å². The van der Waals surface area contributed by atoms with Crippen molar-refractivity contribution in [1.29, 1.82) is 5.26 Å². The molecule has 0 unspecified atom stereocenters. The summed E-state index contributed by atoms with van der Waals surface area (Å²) in [6.07, 6.45) is 2.96. The van der Waals surface area contributed by atoms with Crippen LogP contribution < -0.4 is 4.90 Å². The molecule has 28 heavy (non-hydrogen) atoms. The monoisotopic (exact) mass is 377 g/mol. The number of carbonyl (C=O) groups excluding carboxylic acids is 1. The summed E-state index contributed by atoms with van der Waals surface area (Å²) in [6, 6.07) is 8.45. The van der Waals surface area contributed by atoms with Crippen molar-refractivity contribution in [2.75, 3.05) is 31.1 Å². The Balaban J connectivity index is 1.51. The lowest BCUT2D eigenvalue weighted by molar-refractivity contribution is -0.384. The lowest BCUT2D eigenvalue weighted by Gasteiger charge is -2.35. The van der Waals surface area contributed by atoms with E-state index in [2.05, 4.69) is 15.0 Å². The van der Waals surface area contributed by atoms with E-state index in [-0.39, 0.29) is 23.0 Å². The molecule has 3 aromatic rings. The average molecular weight is 377 g/mol. The molecular weight excluding hydrogens is 362 g/mol. The third-order valence-corrected chi connectivity index (χ3v) is 4.74. The maximum Gasteiger partial charge on any atom is 0.329 e. The van der Waals surface area contributed by atoms with Crippen LogP contribution >= 0.6 is 0 Å². The minimum Gasteiger partial charge on any atom is -0.347 e. The number of aromatic amines is 1. The van der Waals surface area contributed by atoms with Gasteiger partial charge in [0.05, 0.1) is 22.3 Å². The number of nitriles is 1. The highest BCUT2D eigenvalue weighted by Gasteiger charge is 2.29. The molecule has 1 saturated heterocycles. The third-order valence-electron chi connectivity index (χ3n) is 4.74. The van der Waals surface area contributed by atoms with Gasteiger partial charge in [-0.15, -0.1) is 0 Å². The maximum atomic E-state index is 12.8. The first kappa shape index (κ1) is 17.4. The Hall–Kier alpha value is -4.00. The Morgan fingerprint density at radius 2 is 2.00 bits per heavy atom. The topological polar surface area (TPSA) is 132 Å². The number of hydrogen-bond acceptors (Lipinski definition) is 7. The molecule has 1 fully saturated rings. The maximum absolute atomic E-state index is 12.8. The highest BCUT2D eigenvalue weighted by Crippen LogP contribution is 2.29. The number of nitro groups is 1. The quantitative estimate of drug-likeness (QED) is 0.542. The Labute approximate surface area is 159 Å². The first-order chi connectivity index (χ1) is 13.6. The van der Waals surface area contributed by atoms with Gasteiger partial charge in [0, 0.05) is 37.9 Å². The van der Waals surface area contributed by atoms with Gasteiger partial charge < -0.3 is 14.8 Å². The largest absolute Gasteiger partial charge is 0.347 e. The van der Waals surface area contributed by atoms with Crippen LogP contribution in [0.4, 0.5) is 11.5 Å². The van der Waals surface area contributed by atoms with Crippen LogP contribution in [0.25, 0.3) is 11.0 Å². The third kappa shape index (κ3) is 2.99. The molecule has 2 aromatic heterocycles. The van der Waals surface area contributed by atoms with Gasteiger partial charge >= 0.3 is 5.69 Å². The fourth-order valence-electron chi connectivity index (χ4n) is 3.32. The fourth-order valence-corrected chi connectivity index (χ4v) is 3.32. The zero-order valence-electron chi connectivity index (χ0n) is 14.7. The number of piperazine rings is 1. The standard InChI is InChI=1S/C18H15N7O3/c19-10-13-3-4-20-17(16(13)25(27)28)23-5-7-24(8-6-23)18(26)12-1-2-14-15(9-12)22-11-21-14/h1-4,9,11H,5-8H2,(H,21,22). The molecule has 0 aliphatic carbocycles. The van der Waals surface area contributed by atoms with Crippen molar-refractivity contribution in [2.45, 2.75) is 0 Å². The Kier molecular flexibility index (Phi) is 4.33. The molecule has 0 atom stereocenters. The number of H-pyrrole nitrogens is 1. The molecule has 1 amide bonds. The Morgan fingerprint density at radius 3 is 2.71 bits per heavy atom. The smallest absolute Gasteiger partial charge is 0.329 e. The molecule has 1 aliphatic rings. The highest BCUT2D eigenvalue weighted by atomic mass is 16.6. The molecule has 1 N–H and O–H groups in total. The SMILES string of the molecule is N#Cc1ccnc(N2CCN(C(=O)c3ccc4nc[nH]c4c3)CC2)c1[N+](=O)[O-]. The van der Waals surface area contributed by atoms with Gasteiger partial charge in [0.25, 0.3) is 5.91 Å². The predicted octanol–water partition coefficient (Wildman–Crippen LogP) is 1.70. The summed E-state index contributed by atoms with van der Waals surface area (Å²) in [4.78, 5) is 38.3. The number of nitrogens with zero attached hydrogens (tertiary/aromatic N) is 6. The average Bonchev–Trinajstić information content (AvgIpc) is 3.20. The van der Waals surface area contributed by atoms with E-state index in [0.29, 0.717) is 31.7 Å². The molecule has 3 heterocycles. The number of imidazole rings is 1. The molecule has 1 aromatic carbocycles. The molecular formula is C18H15N7O3. The number of hydrogen-bond donors (Lipinski definition) is 1. The van der Waals surface area contributed by atoms with Crippen molar-refractivity contribution >= 4 is 28.4 Å². The Morgan fingerprint density at radius 1 is 1.21 bits per heavy atom. The van der Waals surface area contributed by atoms with Crippen molar-refractivity contribution in [1.82, 2.24) is 19.9 Å². The van der Waals surface area contributed by atoms with Crippen LogP contribution in [0, 0.1) is 21.4 Å². The van der Waals surface area contributed by atoms with Gasteiger partial charge in [0.15, 0.2) is 0 Å². The van der Waals surface area contributed by atoms with E-state index in [1.54, 1.807) is 34.3 Å². The first-order valence-electron chi connectivity index (χ1n) is 8.59. The fraction of sp³-hybridized carbons (Fsp3) is 0.222. The molecule has 1 aliphatic heterocycles. The van der Waals surface area contributed by atoms with Gasteiger partial charge in [-0.05, 0) is 24.3 Å². The highest BCUT2D eigenvalue weighted by molar-refractivity contribution is 5.97. The number of nitrogens with one attached hydrogen (secondary N) is 1. The molecule has 4 rings (SSSR count). The normalized spacial score (nSPS) is 14.1. The van der Waals surface area contributed by atoms with Crippen molar-refractivity contribution in [2.24, 2.45) is 0 Å². The van der Waals surface area contributed by atoms with E-state index in [1.807, 2.05) is 6.07 Å². The van der Waals surface area contributed by atoms with Gasteiger partial charge in [0.2, 0.25) is 5.82 Å². The predicted molar refractivity (Wildman–Crippen MR) is 99.8 cm³/mol. The van der Waals surface area contributed by atoms with E-state index in [4.69, 9.17) is 5.26 Å². The van der Waals surface area contributed by atoms with Crippen LogP contribution in [0.15, 0.2) is 36.8 Å². The number of aromatic nitrogens is 3. The van der Waals surface area contributed by atoms with Crippen LogP contribution in [0.1, 0.15) is 15.9 Å². The van der Waals surface area contributed by atoms with Crippen molar-refractivity contribution in [3.8, 4) is 6.07 Å². The van der Waals surface area contributed by atoms with Crippen molar-refractivity contribution < 1.29 is 9.72 Å². The van der Waals surface area contributed by atoms with E-state index in [0.717, 1.165) is 11.0 Å². The molecule has 0 radical (unpaired) electrons. The van der Waals surface area contributed by atoms with Gasteiger partial charge in [-0.25, -0.2) is 9.97 Å². The second-order valence-electron chi connectivity index (χ2n) is 6.31. The lowest BCUT2D eigenvalue weighted by atomic mass is 10.1. The molecule has 0 spiro atoms. The number of pyridine rings is 1. The summed E-state index contributed by atoms with van der Waals surface area (Å²) in [5.74, 6) is 0.0550. The van der Waals surface area contributed by atoms with Crippen LogP contribution in [0.3, 0.4) is 0 Å². The summed E-state index contributed by atoms with van der Waals surface area (Å²) in [5, 5.41) is 20.5.